The third kappa shape index (κ3) is 6.71. The van der Waals surface area contributed by atoms with E-state index in [0.29, 0.717) is 28.8 Å². The minimum absolute atomic E-state index is 0.0533. The Balaban J connectivity index is 1.44. The molecular weight excluding hydrogens is 472 g/mol. The molecule has 2 aliphatic rings. The number of nitrogens with one attached hydrogen (secondary N) is 3. The Morgan fingerprint density at radius 3 is 2.71 bits per heavy atom. The molecule has 0 bridgehead atoms. The number of hydrogen-bond donors (Lipinski definition) is 3. The number of amides is 2. The van der Waals surface area contributed by atoms with E-state index in [0.717, 1.165) is 41.9 Å². The molecule has 1 unspecified atom stereocenters. The fourth-order valence-corrected chi connectivity index (χ4v) is 5.54. The Kier molecular flexibility index (Phi) is 8.45. The monoisotopic (exact) mass is 504 g/mol. The lowest BCUT2D eigenvalue weighted by Gasteiger charge is -2.21. The van der Waals surface area contributed by atoms with Crippen LogP contribution in [0.1, 0.15) is 71.2 Å². The van der Waals surface area contributed by atoms with E-state index in [4.69, 9.17) is 16.3 Å². The zero-order chi connectivity index (χ0) is 24.1. The molecule has 2 heterocycles. The summed E-state index contributed by atoms with van der Waals surface area (Å²) in [5.74, 6) is 0.239. The normalized spacial score (nSPS) is 17.9. The van der Waals surface area contributed by atoms with E-state index in [2.05, 4.69) is 20.9 Å². The second kappa shape index (κ2) is 11.5. The van der Waals surface area contributed by atoms with Crippen LogP contribution in [-0.2, 0) is 9.53 Å². The van der Waals surface area contributed by atoms with Crippen LogP contribution >= 0.6 is 22.9 Å². The molecule has 2 atom stereocenters. The molecule has 2 aromatic rings. The van der Waals surface area contributed by atoms with Gasteiger partial charge in [-0.25, -0.2) is 0 Å². The van der Waals surface area contributed by atoms with Gasteiger partial charge < -0.3 is 20.7 Å². The standard InChI is InChI=1S/C25H33ClN4O3S/c1-15-19(12-17(26)13-27-15)29-21(14-33-2)22-9-10-23(34-22)25(32)30-20(11-16-5-3-4-6-16)24(31)28-18-7-8-18/h9-10,12-13,16,18,20-21,29H,3-8,11,14H2,1-2H3,(H,28,31)(H,30,32)/t20-,21?/m0/s1. The highest BCUT2D eigenvalue weighted by Crippen LogP contribution is 2.31. The van der Waals surface area contributed by atoms with E-state index in [-0.39, 0.29) is 23.9 Å². The van der Waals surface area contributed by atoms with E-state index < -0.39 is 6.04 Å². The van der Waals surface area contributed by atoms with Gasteiger partial charge in [0, 0.05) is 24.2 Å². The molecule has 2 aromatic heterocycles. The van der Waals surface area contributed by atoms with Crippen LogP contribution in [0.25, 0.3) is 0 Å². The van der Waals surface area contributed by atoms with Crippen molar-refractivity contribution in [3.8, 4) is 0 Å². The zero-order valence-electron chi connectivity index (χ0n) is 19.7. The number of carbonyl (C=O) groups excluding carboxylic acids is 2. The van der Waals surface area contributed by atoms with E-state index in [1.165, 1.54) is 24.2 Å². The highest BCUT2D eigenvalue weighted by atomic mass is 35.5. The lowest BCUT2D eigenvalue weighted by molar-refractivity contribution is -0.123. The van der Waals surface area contributed by atoms with Crippen molar-refractivity contribution >= 4 is 40.4 Å². The van der Waals surface area contributed by atoms with Crippen molar-refractivity contribution in [2.24, 2.45) is 5.92 Å². The summed E-state index contributed by atoms with van der Waals surface area (Å²) in [6, 6.07) is 5.19. The number of aromatic nitrogens is 1. The number of rotatable bonds is 11. The molecule has 184 valence electrons. The summed E-state index contributed by atoms with van der Waals surface area (Å²) in [6.07, 6.45) is 9.06. The maximum atomic E-state index is 13.1. The molecule has 2 saturated carbocycles. The summed E-state index contributed by atoms with van der Waals surface area (Å²) in [6.45, 7) is 2.33. The van der Waals surface area contributed by atoms with Gasteiger partial charge in [0.15, 0.2) is 0 Å². The summed E-state index contributed by atoms with van der Waals surface area (Å²) in [7, 11) is 1.64. The molecule has 34 heavy (non-hydrogen) atoms. The molecular formula is C25H33ClN4O3S. The minimum atomic E-state index is -0.491. The molecule has 0 aliphatic heterocycles. The van der Waals surface area contributed by atoms with Gasteiger partial charge >= 0.3 is 0 Å². The number of halogens is 1. The zero-order valence-corrected chi connectivity index (χ0v) is 21.3. The quantitative estimate of drug-likeness (QED) is 0.406. The largest absolute Gasteiger partial charge is 0.382 e. The molecule has 9 heteroatoms. The van der Waals surface area contributed by atoms with E-state index in [9.17, 15) is 9.59 Å². The summed E-state index contributed by atoms with van der Waals surface area (Å²) >= 11 is 7.52. The van der Waals surface area contributed by atoms with Crippen LogP contribution in [0.15, 0.2) is 24.4 Å². The number of ether oxygens (including phenoxy) is 1. The van der Waals surface area contributed by atoms with Gasteiger partial charge in [0.1, 0.15) is 6.04 Å². The van der Waals surface area contributed by atoms with Crippen LogP contribution in [0.3, 0.4) is 0 Å². The predicted molar refractivity (Wildman–Crippen MR) is 136 cm³/mol. The number of nitrogens with zero attached hydrogens (tertiary/aromatic N) is 1. The Hall–Kier alpha value is -2.16. The number of carbonyl (C=O) groups is 2. The molecule has 0 aromatic carbocycles. The molecule has 0 spiro atoms. The minimum Gasteiger partial charge on any atom is -0.382 e. The summed E-state index contributed by atoms with van der Waals surface area (Å²) in [5.41, 5.74) is 1.65. The summed E-state index contributed by atoms with van der Waals surface area (Å²) in [4.78, 5) is 31.8. The maximum absolute atomic E-state index is 13.1. The van der Waals surface area contributed by atoms with Crippen molar-refractivity contribution in [1.82, 2.24) is 15.6 Å². The Labute approximate surface area is 210 Å². The van der Waals surface area contributed by atoms with Crippen molar-refractivity contribution in [2.45, 2.75) is 70.0 Å². The first-order valence-corrected chi connectivity index (χ1v) is 13.2. The maximum Gasteiger partial charge on any atom is 0.262 e. The van der Waals surface area contributed by atoms with Crippen LogP contribution in [0, 0.1) is 12.8 Å². The Bertz CT molecular complexity index is 1000. The van der Waals surface area contributed by atoms with Crippen LogP contribution in [0.2, 0.25) is 5.02 Å². The van der Waals surface area contributed by atoms with Gasteiger partial charge in [0.05, 0.1) is 33.9 Å². The molecule has 0 saturated heterocycles. The van der Waals surface area contributed by atoms with Gasteiger partial charge in [-0.1, -0.05) is 37.3 Å². The molecule has 2 amide bonds. The number of anilines is 1. The lowest BCUT2D eigenvalue weighted by Crippen LogP contribution is -2.48. The predicted octanol–water partition coefficient (Wildman–Crippen LogP) is 4.86. The van der Waals surface area contributed by atoms with E-state index in [1.807, 2.05) is 25.1 Å². The second-order valence-corrected chi connectivity index (χ2v) is 10.9. The number of pyridine rings is 1. The van der Waals surface area contributed by atoms with Gasteiger partial charge in [-0.15, -0.1) is 11.3 Å². The Morgan fingerprint density at radius 1 is 1.24 bits per heavy atom. The molecule has 0 radical (unpaired) electrons. The molecule has 7 nitrogen and oxygen atoms in total. The fourth-order valence-electron chi connectivity index (χ4n) is 4.43. The van der Waals surface area contributed by atoms with Crippen molar-refractivity contribution in [3.05, 3.63) is 44.9 Å². The summed E-state index contributed by atoms with van der Waals surface area (Å²) in [5, 5.41) is 10.1. The molecule has 4 rings (SSSR count). The van der Waals surface area contributed by atoms with Crippen LogP contribution in [0.5, 0.6) is 0 Å². The van der Waals surface area contributed by atoms with Crippen molar-refractivity contribution < 1.29 is 14.3 Å². The third-order valence-electron chi connectivity index (χ3n) is 6.50. The summed E-state index contributed by atoms with van der Waals surface area (Å²) < 4.78 is 5.42. The average molecular weight is 505 g/mol. The highest BCUT2D eigenvalue weighted by molar-refractivity contribution is 7.14. The highest BCUT2D eigenvalue weighted by Gasteiger charge is 2.31. The topological polar surface area (TPSA) is 92.3 Å². The smallest absolute Gasteiger partial charge is 0.262 e. The fraction of sp³-hybridized carbons (Fsp3) is 0.560. The molecule has 3 N–H and O–H groups in total. The van der Waals surface area contributed by atoms with Gasteiger partial charge in [0.2, 0.25) is 5.91 Å². The van der Waals surface area contributed by atoms with Crippen LogP contribution < -0.4 is 16.0 Å². The number of hydrogen-bond acceptors (Lipinski definition) is 6. The van der Waals surface area contributed by atoms with Gasteiger partial charge in [-0.2, -0.15) is 0 Å². The van der Waals surface area contributed by atoms with Crippen LogP contribution in [0.4, 0.5) is 5.69 Å². The second-order valence-electron chi connectivity index (χ2n) is 9.34. The van der Waals surface area contributed by atoms with Gasteiger partial charge in [0.25, 0.3) is 5.91 Å². The number of methoxy groups -OCH3 is 1. The molecule has 2 fully saturated rings. The van der Waals surface area contributed by atoms with E-state index in [1.54, 1.807) is 13.3 Å². The van der Waals surface area contributed by atoms with Gasteiger partial charge in [-0.3, -0.25) is 14.6 Å². The SMILES string of the molecule is COCC(Nc1cc(Cl)cnc1C)c1ccc(C(=O)N[C@@H](CC2CCCC2)C(=O)NC2CC2)s1. The van der Waals surface area contributed by atoms with E-state index >= 15 is 0 Å². The van der Waals surface area contributed by atoms with Crippen molar-refractivity contribution in [3.63, 3.8) is 0 Å². The molecule has 2 aliphatic carbocycles. The van der Waals surface area contributed by atoms with Gasteiger partial charge in [-0.05, 0) is 50.3 Å². The number of aryl methyl sites for hydroxylation is 1. The third-order valence-corrected chi connectivity index (χ3v) is 7.90. The number of thiophene rings is 1. The first-order valence-electron chi connectivity index (χ1n) is 12.0. The van der Waals surface area contributed by atoms with Crippen molar-refractivity contribution in [2.75, 3.05) is 19.0 Å². The Morgan fingerprint density at radius 2 is 2.00 bits per heavy atom. The van der Waals surface area contributed by atoms with Crippen molar-refractivity contribution in [1.29, 1.82) is 0 Å². The lowest BCUT2D eigenvalue weighted by atomic mass is 9.97. The average Bonchev–Trinajstić information content (AvgIpc) is 3.26. The first kappa shape index (κ1) is 24.9. The van der Waals surface area contributed by atoms with Crippen LogP contribution in [-0.4, -0.2) is 42.6 Å². The first-order chi connectivity index (χ1) is 16.4.